The minimum absolute atomic E-state index is 0.0399. The van der Waals surface area contributed by atoms with Crippen molar-refractivity contribution in [3.8, 4) is 0 Å². The molecule has 2 aliphatic rings. The Morgan fingerprint density at radius 1 is 1.00 bits per heavy atom. The number of carbonyl (C=O) groups excluding carboxylic acids is 1. The summed E-state index contributed by atoms with van der Waals surface area (Å²) in [7, 11) is 0. The fourth-order valence-corrected chi connectivity index (χ4v) is 4.61. The third kappa shape index (κ3) is 4.26. The first-order chi connectivity index (χ1) is 13.1. The van der Waals surface area contributed by atoms with Gasteiger partial charge in [0.2, 0.25) is 0 Å². The zero-order valence-electron chi connectivity index (χ0n) is 15.4. The van der Waals surface area contributed by atoms with Gasteiger partial charge in [0.05, 0.1) is 6.10 Å². The smallest absolute Gasteiger partial charge is 0.254 e. The maximum atomic E-state index is 12.9. The number of aryl methyl sites for hydroxylation is 1. The number of fused-ring (bicyclic) bond motifs is 2. The molecule has 2 heterocycles. The number of benzene rings is 2. The van der Waals surface area contributed by atoms with E-state index in [0.29, 0.717) is 19.6 Å². The van der Waals surface area contributed by atoms with Crippen molar-refractivity contribution in [1.82, 2.24) is 9.80 Å². The quantitative estimate of drug-likeness (QED) is 0.812. The van der Waals surface area contributed by atoms with Crippen molar-refractivity contribution in [3.05, 3.63) is 69.2 Å². The summed E-state index contributed by atoms with van der Waals surface area (Å²) < 4.78 is 1.01. The molecule has 1 amide bonds. The van der Waals surface area contributed by atoms with Gasteiger partial charge in [0.1, 0.15) is 0 Å². The Balaban J connectivity index is 1.39. The molecule has 1 N–H and O–H groups in total. The maximum Gasteiger partial charge on any atom is 0.254 e. The van der Waals surface area contributed by atoms with Gasteiger partial charge >= 0.3 is 0 Å². The third-order valence-electron chi connectivity index (χ3n) is 5.57. The van der Waals surface area contributed by atoms with E-state index in [4.69, 9.17) is 0 Å². The van der Waals surface area contributed by atoms with Crippen LogP contribution in [0, 0.1) is 0 Å². The number of nitrogens with zero attached hydrogens (tertiary/aromatic N) is 2. The summed E-state index contributed by atoms with van der Waals surface area (Å²) in [5, 5.41) is 10.7. The Morgan fingerprint density at radius 3 is 2.67 bits per heavy atom. The van der Waals surface area contributed by atoms with Gasteiger partial charge in [0.15, 0.2) is 0 Å². The molecule has 2 aliphatic heterocycles. The van der Waals surface area contributed by atoms with Gasteiger partial charge in [-0.15, -0.1) is 0 Å². The van der Waals surface area contributed by atoms with Crippen LogP contribution in [0.3, 0.4) is 0 Å². The fraction of sp³-hybridized carbons (Fsp3) is 0.409. The minimum Gasteiger partial charge on any atom is -0.390 e. The van der Waals surface area contributed by atoms with Gasteiger partial charge < -0.3 is 10.0 Å². The van der Waals surface area contributed by atoms with Crippen LogP contribution in [0.1, 0.15) is 33.5 Å². The van der Waals surface area contributed by atoms with Crippen LogP contribution in [0.5, 0.6) is 0 Å². The molecule has 5 heteroatoms. The first-order valence-corrected chi connectivity index (χ1v) is 10.4. The molecule has 0 fully saturated rings. The van der Waals surface area contributed by atoms with Crippen LogP contribution >= 0.6 is 15.9 Å². The molecule has 2 aromatic carbocycles. The van der Waals surface area contributed by atoms with E-state index >= 15 is 0 Å². The fourth-order valence-electron chi connectivity index (χ4n) is 4.20. The highest BCUT2D eigenvalue weighted by Gasteiger charge is 2.26. The number of aliphatic hydroxyl groups is 1. The number of hydrogen-bond donors (Lipinski definition) is 1. The van der Waals surface area contributed by atoms with Crippen molar-refractivity contribution in [2.45, 2.75) is 31.9 Å². The van der Waals surface area contributed by atoms with E-state index in [1.807, 2.05) is 23.1 Å². The molecule has 0 saturated heterocycles. The van der Waals surface area contributed by atoms with Crippen LogP contribution in [-0.4, -0.2) is 53.1 Å². The average molecular weight is 429 g/mol. The molecule has 1 atom stereocenters. The van der Waals surface area contributed by atoms with E-state index in [9.17, 15) is 9.90 Å². The standard InChI is InChI=1S/C22H25BrN2O2/c23-19-7-8-21-17(12-19)6-3-10-25(22(21)27)15-20(26)14-24-11-9-16-4-1-2-5-18(16)13-24/h1-2,4-5,7-8,12,20,26H,3,6,9-11,13-15H2. The normalized spacial score (nSPS) is 18.6. The molecule has 0 bridgehead atoms. The molecule has 0 aliphatic carbocycles. The van der Waals surface area contributed by atoms with E-state index < -0.39 is 6.10 Å². The summed E-state index contributed by atoms with van der Waals surface area (Å²) in [4.78, 5) is 17.0. The lowest BCUT2D eigenvalue weighted by molar-refractivity contribution is 0.0513. The molecular weight excluding hydrogens is 404 g/mol. The monoisotopic (exact) mass is 428 g/mol. The van der Waals surface area contributed by atoms with E-state index in [0.717, 1.165) is 48.0 Å². The topological polar surface area (TPSA) is 43.8 Å². The lowest BCUT2D eigenvalue weighted by atomic mass is 10.00. The number of halogens is 1. The molecule has 0 saturated carbocycles. The molecule has 142 valence electrons. The second-order valence-electron chi connectivity index (χ2n) is 7.56. The van der Waals surface area contributed by atoms with Gasteiger partial charge in [-0.1, -0.05) is 40.2 Å². The summed E-state index contributed by atoms with van der Waals surface area (Å²) in [6.07, 6.45) is 2.32. The van der Waals surface area contributed by atoms with Crippen molar-refractivity contribution >= 4 is 21.8 Å². The van der Waals surface area contributed by atoms with E-state index in [-0.39, 0.29) is 5.91 Å². The van der Waals surface area contributed by atoms with E-state index in [1.54, 1.807) is 0 Å². The Kier molecular flexibility index (Phi) is 5.62. The van der Waals surface area contributed by atoms with Gasteiger partial charge in [0.25, 0.3) is 5.91 Å². The van der Waals surface area contributed by atoms with Gasteiger partial charge in [-0.05, 0) is 54.2 Å². The summed E-state index contributed by atoms with van der Waals surface area (Å²) in [6, 6.07) is 14.4. The number of β-amino-alcohol motifs (C(OH)–C–C–N with tert-alkyl or cyclic N) is 1. The molecular formula is C22H25BrN2O2. The number of aliphatic hydroxyl groups excluding tert-OH is 1. The predicted octanol–water partition coefficient (Wildman–Crippen LogP) is 3.26. The lowest BCUT2D eigenvalue weighted by Gasteiger charge is -2.32. The van der Waals surface area contributed by atoms with E-state index in [2.05, 4.69) is 45.1 Å². The van der Waals surface area contributed by atoms with Gasteiger partial charge in [-0.2, -0.15) is 0 Å². The molecule has 0 aromatic heterocycles. The van der Waals surface area contributed by atoms with Crippen molar-refractivity contribution < 1.29 is 9.90 Å². The summed E-state index contributed by atoms with van der Waals surface area (Å²) in [6.45, 7) is 3.53. The highest BCUT2D eigenvalue weighted by Crippen LogP contribution is 2.23. The molecule has 2 aromatic rings. The number of hydrogen-bond acceptors (Lipinski definition) is 3. The molecule has 4 rings (SSSR count). The molecule has 1 unspecified atom stereocenters. The molecule has 4 nitrogen and oxygen atoms in total. The van der Waals surface area contributed by atoms with Gasteiger partial charge in [-0.25, -0.2) is 0 Å². The van der Waals surface area contributed by atoms with Crippen LogP contribution in [0.4, 0.5) is 0 Å². The number of amides is 1. The summed E-state index contributed by atoms with van der Waals surface area (Å²) in [5.41, 5.74) is 4.63. The second-order valence-corrected chi connectivity index (χ2v) is 8.48. The van der Waals surface area contributed by atoms with Crippen LogP contribution in [0.2, 0.25) is 0 Å². The van der Waals surface area contributed by atoms with E-state index in [1.165, 1.54) is 11.1 Å². The van der Waals surface area contributed by atoms with Gasteiger partial charge in [-0.3, -0.25) is 9.69 Å². The first-order valence-electron chi connectivity index (χ1n) is 9.65. The first kappa shape index (κ1) is 18.7. The maximum absolute atomic E-state index is 12.9. The highest BCUT2D eigenvalue weighted by molar-refractivity contribution is 9.10. The Morgan fingerprint density at radius 2 is 1.81 bits per heavy atom. The Bertz CT molecular complexity index is 839. The van der Waals surface area contributed by atoms with Crippen molar-refractivity contribution in [1.29, 1.82) is 0 Å². The van der Waals surface area contributed by atoms with Gasteiger partial charge in [0, 0.05) is 42.8 Å². The minimum atomic E-state index is -0.531. The number of carbonyl (C=O) groups is 1. The van der Waals surface area contributed by atoms with Crippen molar-refractivity contribution in [3.63, 3.8) is 0 Å². The van der Waals surface area contributed by atoms with Crippen LogP contribution in [0.15, 0.2) is 46.9 Å². The SMILES string of the molecule is O=C1c2ccc(Br)cc2CCCN1CC(O)CN1CCc2ccccc2C1. The number of rotatable bonds is 4. The van der Waals surface area contributed by atoms with Crippen molar-refractivity contribution in [2.75, 3.05) is 26.2 Å². The predicted molar refractivity (Wildman–Crippen MR) is 110 cm³/mol. The zero-order chi connectivity index (χ0) is 18.8. The Labute approximate surface area is 168 Å². The summed E-state index contributed by atoms with van der Waals surface area (Å²) in [5.74, 6) is 0.0399. The van der Waals surface area contributed by atoms with Crippen LogP contribution < -0.4 is 0 Å². The largest absolute Gasteiger partial charge is 0.390 e. The molecule has 27 heavy (non-hydrogen) atoms. The highest BCUT2D eigenvalue weighted by atomic mass is 79.9. The third-order valence-corrected chi connectivity index (χ3v) is 6.06. The van der Waals surface area contributed by atoms with Crippen molar-refractivity contribution in [2.24, 2.45) is 0 Å². The second kappa shape index (κ2) is 8.13. The molecule has 0 spiro atoms. The average Bonchev–Trinajstić information content (AvgIpc) is 2.80. The van der Waals surface area contributed by atoms with Crippen LogP contribution in [0.25, 0.3) is 0 Å². The van der Waals surface area contributed by atoms with Crippen LogP contribution in [-0.2, 0) is 19.4 Å². The lowest BCUT2D eigenvalue weighted by Crippen LogP contribution is -2.44. The summed E-state index contributed by atoms with van der Waals surface area (Å²) >= 11 is 3.49. The molecule has 0 radical (unpaired) electrons. The zero-order valence-corrected chi connectivity index (χ0v) is 17.0. The Hall–Kier alpha value is -1.69.